The molecule has 8 heteroatoms. The van der Waals surface area contributed by atoms with Gasteiger partial charge in [-0.2, -0.15) is 0 Å². The molecule has 1 heterocycles. The molecule has 0 radical (unpaired) electrons. The number of hydrogen-bond acceptors (Lipinski definition) is 6. The van der Waals surface area contributed by atoms with Crippen molar-refractivity contribution in [3.05, 3.63) is 80.4 Å². The van der Waals surface area contributed by atoms with Gasteiger partial charge in [0.1, 0.15) is 0 Å². The number of para-hydroxylation sites is 1. The van der Waals surface area contributed by atoms with Crippen LogP contribution in [-0.4, -0.2) is 27.1 Å². The van der Waals surface area contributed by atoms with Crippen LogP contribution in [0.3, 0.4) is 0 Å². The highest BCUT2D eigenvalue weighted by Crippen LogP contribution is 2.21. The van der Waals surface area contributed by atoms with Gasteiger partial charge in [0.2, 0.25) is 0 Å². The maximum absolute atomic E-state index is 12.4. The Kier molecular flexibility index (Phi) is 5.25. The monoisotopic (exact) mass is 367 g/mol. The van der Waals surface area contributed by atoms with Crippen LogP contribution in [0.2, 0.25) is 0 Å². The largest absolute Gasteiger partial charge is 0.462 e. The molecule has 0 unspecified atom stereocenters. The second-order valence-electron chi connectivity index (χ2n) is 5.96. The first-order valence-electron chi connectivity index (χ1n) is 8.34. The summed E-state index contributed by atoms with van der Waals surface area (Å²) in [4.78, 5) is 39.2. The van der Waals surface area contributed by atoms with E-state index in [1.807, 2.05) is 6.07 Å². The molecule has 0 bridgehead atoms. The zero-order chi connectivity index (χ0) is 19.4. The number of nitro groups is 1. The standard InChI is InChI=1S/C19H17N3O5/c1-13-14(7-4-9-17(13)22(25)26)19(24)27-11-5-10-21-12-20-16-8-3-2-6-15(16)18(21)23/h2-4,6-9,12H,5,10-11H2,1H3. The van der Waals surface area contributed by atoms with E-state index in [2.05, 4.69) is 4.98 Å². The summed E-state index contributed by atoms with van der Waals surface area (Å²) in [6, 6.07) is 11.3. The van der Waals surface area contributed by atoms with Crippen molar-refractivity contribution < 1.29 is 14.5 Å². The number of fused-ring (bicyclic) bond motifs is 1. The van der Waals surface area contributed by atoms with Gasteiger partial charge in [0.05, 0.1) is 34.3 Å². The van der Waals surface area contributed by atoms with Crippen molar-refractivity contribution in [3.63, 3.8) is 0 Å². The SMILES string of the molecule is Cc1c(C(=O)OCCCn2cnc3ccccc3c2=O)cccc1[N+](=O)[O-]. The second kappa shape index (κ2) is 7.77. The molecule has 0 amide bonds. The van der Waals surface area contributed by atoms with Crippen LogP contribution in [0.4, 0.5) is 5.69 Å². The van der Waals surface area contributed by atoms with Gasteiger partial charge in [0.15, 0.2) is 0 Å². The van der Waals surface area contributed by atoms with E-state index < -0.39 is 10.9 Å². The zero-order valence-corrected chi connectivity index (χ0v) is 14.6. The van der Waals surface area contributed by atoms with Crippen LogP contribution in [0.5, 0.6) is 0 Å². The van der Waals surface area contributed by atoms with E-state index in [1.54, 1.807) is 18.2 Å². The van der Waals surface area contributed by atoms with Gasteiger partial charge < -0.3 is 4.74 Å². The lowest BCUT2D eigenvalue weighted by Gasteiger charge is -2.09. The molecule has 8 nitrogen and oxygen atoms in total. The highest BCUT2D eigenvalue weighted by Gasteiger charge is 2.18. The fraction of sp³-hybridized carbons (Fsp3) is 0.211. The van der Waals surface area contributed by atoms with Crippen molar-refractivity contribution in [1.82, 2.24) is 9.55 Å². The Morgan fingerprint density at radius 3 is 2.78 bits per heavy atom. The molecule has 0 saturated heterocycles. The Balaban J connectivity index is 1.62. The van der Waals surface area contributed by atoms with Gasteiger partial charge >= 0.3 is 5.97 Å². The number of nitrogens with zero attached hydrogens (tertiary/aromatic N) is 3. The van der Waals surface area contributed by atoms with Crippen molar-refractivity contribution >= 4 is 22.6 Å². The molecule has 138 valence electrons. The van der Waals surface area contributed by atoms with Gasteiger partial charge in [0, 0.05) is 18.2 Å². The Morgan fingerprint density at radius 1 is 1.22 bits per heavy atom. The van der Waals surface area contributed by atoms with E-state index >= 15 is 0 Å². The molecule has 0 atom stereocenters. The fourth-order valence-corrected chi connectivity index (χ4v) is 2.79. The Bertz CT molecular complexity index is 1070. The maximum Gasteiger partial charge on any atom is 0.338 e. The van der Waals surface area contributed by atoms with E-state index in [4.69, 9.17) is 4.74 Å². The number of nitro benzene ring substituents is 1. The van der Waals surface area contributed by atoms with Crippen molar-refractivity contribution in [2.45, 2.75) is 19.9 Å². The summed E-state index contributed by atoms with van der Waals surface area (Å²) in [6.45, 7) is 1.94. The summed E-state index contributed by atoms with van der Waals surface area (Å²) in [5.74, 6) is -0.625. The zero-order valence-electron chi connectivity index (χ0n) is 14.6. The predicted molar refractivity (Wildman–Crippen MR) is 98.7 cm³/mol. The quantitative estimate of drug-likeness (QED) is 0.287. The van der Waals surface area contributed by atoms with Crippen LogP contribution in [0.15, 0.2) is 53.6 Å². The molecular weight excluding hydrogens is 350 g/mol. The number of carbonyl (C=O) groups excluding carboxylic acids is 1. The normalized spacial score (nSPS) is 10.7. The molecule has 0 aliphatic heterocycles. The van der Waals surface area contributed by atoms with Crippen LogP contribution in [-0.2, 0) is 11.3 Å². The summed E-state index contributed by atoms with van der Waals surface area (Å²) in [5.41, 5.74) is 0.780. The molecule has 27 heavy (non-hydrogen) atoms. The lowest BCUT2D eigenvalue weighted by atomic mass is 10.1. The lowest BCUT2D eigenvalue weighted by molar-refractivity contribution is -0.385. The molecule has 0 aliphatic rings. The van der Waals surface area contributed by atoms with Crippen molar-refractivity contribution in [2.75, 3.05) is 6.61 Å². The highest BCUT2D eigenvalue weighted by molar-refractivity contribution is 5.92. The van der Waals surface area contributed by atoms with Crippen molar-refractivity contribution in [1.29, 1.82) is 0 Å². The van der Waals surface area contributed by atoms with E-state index in [0.717, 1.165) is 0 Å². The molecule has 0 spiro atoms. The van der Waals surface area contributed by atoms with Crippen molar-refractivity contribution in [3.8, 4) is 0 Å². The van der Waals surface area contributed by atoms with Gasteiger partial charge in [-0.3, -0.25) is 19.5 Å². The maximum atomic E-state index is 12.4. The average Bonchev–Trinajstić information content (AvgIpc) is 2.66. The van der Waals surface area contributed by atoms with Crippen LogP contribution in [0.25, 0.3) is 10.9 Å². The number of esters is 1. The number of carbonyl (C=O) groups is 1. The van der Waals surface area contributed by atoms with E-state index in [-0.39, 0.29) is 29.0 Å². The molecule has 0 fully saturated rings. The van der Waals surface area contributed by atoms with Gasteiger partial charge in [-0.05, 0) is 31.5 Å². The van der Waals surface area contributed by atoms with Gasteiger partial charge in [-0.1, -0.05) is 18.2 Å². The number of benzene rings is 2. The van der Waals surface area contributed by atoms with E-state index in [9.17, 15) is 19.7 Å². The molecule has 2 aromatic carbocycles. The van der Waals surface area contributed by atoms with Crippen molar-refractivity contribution in [2.24, 2.45) is 0 Å². The molecule has 3 rings (SSSR count). The third kappa shape index (κ3) is 3.84. The second-order valence-corrected chi connectivity index (χ2v) is 5.96. The molecule has 3 aromatic rings. The molecular formula is C19H17N3O5. The third-order valence-electron chi connectivity index (χ3n) is 4.23. The number of ether oxygens (including phenoxy) is 1. The van der Waals surface area contributed by atoms with Gasteiger partial charge in [-0.15, -0.1) is 0 Å². The number of hydrogen-bond donors (Lipinski definition) is 0. The van der Waals surface area contributed by atoms with Crippen LogP contribution >= 0.6 is 0 Å². The fourth-order valence-electron chi connectivity index (χ4n) is 2.79. The first-order chi connectivity index (χ1) is 13.0. The Morgan fingerprint density at radius 2 is 2.00 bits per heavy atom. The third-order valence-corrected chi connectivity index (χ3v) is 4.23. The lowest BCUT2D eigenvalue weighted by Crippen LogP contribution is -2.21. The predicted octanol–water partition coefficient (Wildman–Crippen LogP) is 2.86. The number of aryl methyl sites for hydroxylation is 1. The summed E-state index contributed by atoms with van der Waals surface area (Å²) in [7, 11) is 0. The molecule has 0 aliphatic carbocycles. The molecule has 0 N–H and O–H groups in total. The Labute approximate surface area is 154 Å². The Hall–Kier alpha value is -3.55. The van der Waals surface area contributed by atoms with Gasteiger partial charge in [0.25, 0.3) is 11.2 Å². The number of aromatic nitrogens is 2. The first kappa shape index (κ1) is 18.2. The van der Waals surface area contributed by atoms with Crippen LogP contribution in [0.1, 0.15) is 22.3 Å². The minimum atomic E-state index is -0.625. The smallest absolute Gasteiger partial charge is 0.338 e. The van der Waals surface area contributed by atoms with E-state index in [1.165, 1.54) is 36.0 Å². The summed E-state index contributed by atoms with van der Waals surface area (Å²) < 4.78 is 6.66. The molecule has 0 saturated carbocycles. The van der Waals surface area contributed by atoms with Crippen LogP contribution in [0, 0.1) is 17.0 Å². The average molecular weight is 367 g/mol. The number of rotatable bonds is 6. The highest BCUT2D eigenvalue weighted by atomic mass is 16.6. The van der Waals surface area contributed by atoms with E-state index in [0.29, 0.717) is 23.9 Å². The summed E-state index contributed by atoms with van der Waals surface area (Å²) >= 11 is 0. The summed E-state index contributed by atoms with van der Waals surface area (Å²) in [6.07, 6.45) is 1.89. The first-order valence-corrected chi connectivity index (χ1v) is 8.34. The minimum Gasteiger partial charge on any atom is -0.462 e. The minimum absolute atomic E-state index is 0.0836. The van der Waals surface area contributed by atoms with Crippen LogP contribution < -0.4 is 5.56 Å². The molecule has 1 aromatic heterocycles. The topological polar surface area (TPSA) is 104 Å². The van der Waals surface area contributed by atoms with Gasteiger partial charge in [-0.25, -0.2) is 9.78 Å². The summed E-state index contributed by atoms with van der Waals surface area (Å²) in [5, 5.41) is 11.5.